The summed E-state index contributed by atoms with van der Waals surface area (Å²) in [6, 6.07) is 17.7. The molecule has 0 amide bonds. The first-order chi connectivity index (χ1) is 15.1. The van der Waals surface area contributed by atoms with Gasteiger partial charge in [0.2, 0.25) is 5.60 Å². The third-order valence-electron chi connectivity index (χ3n) is 5.61. The van der Waals surface area contributed by atoms with Gasteiger partial charge in [-0.1, -0.05) is 82.0 Å². The number of hydrogen-bond donors (Lipinski definition) is 1. The van der Waals surface area contributed by atoms with Crippen molar-refractivity contribution in [3.63, 3.8) is 0 Å². The van der Waals surface area contributed by atoms with Crippen LogP contribution >= 0.6 is 0 Å². The molecule has 31 heavy (non-hydrogen) atoms. The Kier molecular flexibility index (Phi) is 11.2. The molecule has 0 spiro atoms. The largest absolute Gasteiger partial charge is 0.476 e. The maximum absolute atomic E-state index is 12.7. The molecule has 0 radical (unpaired) electrons. The topological polar surface area (TPSA) is 47.6 Å². The van der Waals surface area contributed by atoms with Gasteiger partial charge in [0.15, 0.2) is 0 Å². The average molecular weight is 426 g/mol. The van der Waals surface area contributed by atoms with Crippen molar-refractivity contribution < 1.29 is 14.3 Å². The molecule has 0 heterocycles. The zero-order valence-corrected chi connectivity index (χ0v) is 19.5. The van der Waals surface area contributed by atoms with Crippen LogP contribution in [0.15, 0.2) is 54.6 Å². The van der Waals surface area contributed by atoms with Crippen molar-refractivity contribution in [2.75, 3.05) is 13.1 Å². The maximum atomic E-state index is 12.7. The summed E-state index contributed by atoms with van der Waals surface area (Å²) < 4.78 is 11.7. The molecule has 4 nitrogen and oxygen atoms in total. The SMILES string of the molecule is CCCCCCCNCCc1cccc(OC(C)(CC)C(=O)OCc2ccccc2)c1. The molecule has 2 aromatic rings. The van der Waals surface area contributed by atoms with E-state index in [-0.39, 0.29) is 12.6 Å². The average Bonchev–Trinajstić information content (AvgIpc) is 2.80. The highest BCUT2D eigenvalue weighted by atomic mass is 16.6. The van der Waals surface area contributed by atoms with Crippen LogP contribution in [0, 0.1) is 0 Å². The number of ether oxygens (including phenoxy) is 2. The molecule has 4 heteroatoms. The van der Waals surface area contributed by atoms with Crippen molar-refractivity contribution >= 4 is 5.97 Å². The van der Waals surface area contributed by atoms with E-state index in [2.05, 4.69) is 18.3 Å². The highest BCUT2D eigenvalue weighted by molar-refractivity contribution is 5.79. The molecule has 0 bridgehead atoms. The fraction of sp³-hybridized carbons (Fsp3) is 0.519. The summed E-state index contributed by atoms with van der Waals surface area (Å²) in [4.78, 5) is 12.7. The lowest BCUT2D eigenvalue weighted by Gasteiger charge is -2.27. The van der Waals surface area contributed by atoms with E-state index in [0.29, 0.717) is 12.2 Å². The summed E-state index contributed by atoms with van der Waals surface area (Å²) >= 11 is 0. The minimum atomic E-state index is -1.01. The molecular formula is C27H39NO3. The van der Waals surface area contributed by atoms with Gasteiger partial charge in [-0.15, -0.1) is 0 Å². The van der Waals surface area contributed by atoms with Crippen LogP contribution in [0.4, 0.5) is 0 Å². The standard InChI is InChI=1S/C27H39NO3/c1-4-6-7-8-12-19-28-20-18-23-16-13-17-25(21-23)31-27(3,5-2)26(29)30-22-24-14-10-9-11-15-24/h9-11,13-17,21,28H,4-8,12,18-20,22H2,1-3H3. The van der Waals surface area contributed by atoms with E-state index in [9.17, 15) is 4.79 Å². The van der Waals surface area contributed by atoms with Gasteiger partial charge in [0.25, 0.3) is 0 Å². The van der Waals surface area contributed by atoms with E-state index in [0.717, 1.165) is 25.1 Å². The van der Waals surface area contributed by atoms with Crippen molar-refractivity contribution in [2.24, 2.45) is 0 Å². The zero-order chi connectivity index (χ0) is 22.4. The van der Waals surface area contributed by atoms with Crippen LogP contribution in [0.1, 0.15) is 70.4 Å². The number of rotatable bonds is 15. The lowest BCUT2D eigenvalue weighted by Crippen LogP contribution is -2.42. The van der Waals surface area contributed by atoms with E-state index >= 15 is 0 Å². The molecule has 170 valence electrons. The van der Waals surface area contributed by atoms with Gasteiger partial charge >= 0.3 is 5.97 Å². The summed E-state index contributed by atoms with van der Waals surface area (Å²) in [5, 5.41) is 3.53. The van der Waals surface area contributed by atoms with Gasteiger partial charge in [0.1, 0.15) is 12.4 Å². The quantitative estimate of drug-likeness (QED) is 0.277. The predicted octanol–water partition coefficient (Wildman–Crippen LogP) is 6.08. The van der Waals surface area contributed by atoms with Crippen LogP contribution < -0.4 is 10.1 Å². The molecule has 0 fully saturated rings. The van der Waals surface area contributed by atoms with Gasteiger partial charge in [0, 0.05) is 0 Å². The highest BCUT2D eigenvalue weighted by Crippen LogP contribution is 2.24. The number of carbonyl (C=O) groups is 1. The second-order valence-electron chi connectivity index (χ2n) is 8.31. The van der Waals surface area contributed by atoms with Crippen LogP contribution in [0.5, 0.6) is 5.75 Å². The zero-order valence-electron chi connectivity index (χ0n) is 19.5. The van der Waals surface area contributed by atoms with E-state index in [1.807, 2.05) is 55.5 Å². The van der Waals surface area contributed by atoms with Crippen molar-refractivity contribution in [1.82, 2.24) is 5.32 Å². The van der Waals surface area contributed by atoms with E-state index in [1.54, 1.807) is 6.92 Å². The van der Waals surface area contributed by atoms with Crippen molar-refractivity contribution in [3.05, 3.63) is 65.7 Å². The third-order valence-corrected chi connectivity index (χ3v) is 5.61. The Morgan fingerprint density at radius 2 is 1.65 bits per heavy atom. The predicted molar refractivity (Wildman–Crippen MR) is 127 cm³/mol. The molecule has 1 unspecified atom stereocenters. The number of hydrogen-bond acceptors (Lipinski definition) is 4. The van der Waals surface area contributed by atoms with Gasteiger partial charge < -0.3 is 14.8 Å². The van der Waals surface area contributed by atoms with Gasteiger partial charge in [-0.2, -0.15) is 0 Å². The molecule has 0 aliphatic carbocycles. The van der Waals surface area contributed by atoms with Crippen LogP contribution in [0.25, 0.3) is 0 Å². The van der Waals surface area contributed by atoms with Crippen LogP contribution in [-0.2, 0) is 22.6 Å². The molecule has 0 saturated carbocycles. The first kappa shape index (κ1) is 24.9. The Balaban J connectivity index is 1.81. The monoisotopic (exact) mass is 425 g/mol. The van der Waals surface area contributed by atoms with Crippen molar-refractivity contribution in [2.45, 2.75) is 77.9 Å². The molecular weight excluding hydrogens is 386 g/mol. The van der Waals surface area contributed by atoms with Gasteiger partial charge in [-0.25, -0.2) is 4.79 Å². The second-order valence-corrected chi connectivity index (χ2v) is 8.31. The lowest BCUT2D eigenvalue weighted by molar-refractivity contribution is -0.162. The Bertz CT molecular complexity index is 762. The molecule has 0 aliphatic heterocycles. The molecule has 0 aromatic heterocycles. The summed E-state index contributed by atoms with van der Waals surface area (Å²) in [5.74, 6) is 0.368. The fourth-order valence-corrected chi connectivity index (χ4v) is 3.37. The van der Waals surface area contributed by atoms with E-state index in [4.69, 9.17) is 9.47 Å². The number of nitrogens with one attached hydrogen (secondary N) is 1. The third kappa shape index (κ3) is 9.14. The van der Waals surface area contributed by atoms with Crippen LogP contribution in [-0.4, -0.2) is 24.7 Å². The van der Waals surface area contributed by atoms with Gasteiger partial charge in [0.05, 0.1) is 0 Å². The number of benzene rings is 2. The van der Waals surface area contributed by atoms with Crippen molar-refractivity contribution in [1.29, 1.82) is 0 Å². The number of carbonyl (C=O) groups excluding carboxylic acids is 1. The van der Waals surface area contributed by atoms with Gasteiger partial charge in [-0.3, -0.25) is 0 Å². The first-order valence-corrected chi connectivity index (χ1v) is 11.8. The molecule has 0 saturated heterocycles. The summed E-state index contributed by atoms with van der Waals surface area (Å²) in [5.41, 5.74) is 1.16. The molecule has 0 aliphatic rings. The molecule has 1 N–H and O–H groups in total. The number of unbranched alkanes of at least 4 members (excludes halogenated alkanes) is 4. The normalized spacial score (nSPS) is 12.9. The minimum Gasteiger partial charge on any atom is -0.476 e. The van der Waals surface area contributed by atoms with Gasteiger partial charge in [-0.05, 0) is 62.5 Å². The van der Waals surface area contributed by atoms with Crippen molar-refractivity contribution in [3.8, 4) is 5.75 Å². The summed E-state index contributed by atoms with van der Waals surface area (Å²) in [6.07, 6.45) is 7.97. The van der Waals surface area contributed by atoms with E-state index in [1.165, 1.54) is 37.7 Å². The number of esters is 1. The van der Waals surface area contributed by atoms with E-state index < -0.39 is 5.60 Å². The Morgan fingerprint density at radius 1 is 0.903 bits per heavy atom. The smallest absolute Gasteiger partial charge is 0.350 e. The lowest BCUT2D eigenvalue weighted by atomic mass is 10.0. The van der Waals surface area contributed by atoms with Crippen LogP contribution in [0.3, 0.4) is 0 Å². The second kappa shape index (κ2) is 13.9. The summed E-state index contributed by atoms with van der Waals surface area (Å²) in [7, 11) is 0. The Labute approximate surface area is 188 Å². The van der Waals surface area contributed by atoms with Crippen LogP contribution in [0.2, 0.25) is 0 Å². The minimum absolute atomic E-state index is 0.253. The Morgan fingerprint density at radius 3 is 2.39 bits per heavy atom. The molecule has 2 aromatic carbocycles. The molecule has 1 atom stereocenters. The highest BCUT2D eigenvalue weighted by Gasteiger charge is 2.35. The maximum Gasteiger partial charge on any atom is 0.350 e. The molecule has 2 rings (SSSR count). The fourth-order valence-electron chi connectivity index (χ4n) is 3.37. The summed E-state index contributed by atoms with van der Waals surface area (Å²) in [6.45, 7) is 8.25. The first-order valence-electron chi connectivity index (χ1n) is 11.8. The Hall–Kier alpha value is -2.33.